The standard InChI is InChI=1S/C8H13ClN4S/c1-6-4-10-2-3-13(6)5-7-11-12-8(9)14-7/h6,10H,2-5H2,1H3/t6-/m0/s1. The van der Waals surface area contributed by atoms with Crippen molar-refractivity contribution in [2.24, 2.45) is 0 Å². The van der Waals surface area contributed by atoms with Crippen molar-refractivity contribution in [1.82, 2.24) is 20.4 Å². The lowest BCUT2D eigenvalue weighted by Crippen LogP contribution is -2.49. The Balaban J connectivity index is 1.95. The molecule has 1 aromatic rings. The molecule has 0 aromatic carbocycles. The number of rotatable bonds is 2. The maximum Gasteiger partial charge on any atom is 0.207 e. The first-order valence-corrected chi connectivity index (χ1v) is 5.88. The van der Waals surface area contributed by atoms with E-state index in [4.69, 9.17) is 11.6 Å². The molecule has 0 bridgehead atoms. The molecule has 14 heavy (non-hydrogen) atoms. The number of hydrogen-bond acceptors (Lipinski definition) is 5. The Morgan fingerprint density at radius 2 is 2.50 bits per heavy atom. The van der Waals surface area contributed by atoms with Gasteiger partial charge in [0, 0.05) is 25.7 Å². The normalized spacial score (nSPS) is 24.0. The van der Waals surface area contributed by atoms with Gasteiger partial charge in [0.05, 0.1) is 6.54 Å². The summed E-state index contributed by atoms with van der Waals surface area (Å²) in [4.78, 5) is 2.40. The van der Waals surface area contributed by atoms with Gasteiger partial charge in [-0.1, -0.05) is 11.3 Å². The minimum Gasteiger partial charge on any atom is -0.314 e. The third kappa shape index (κ3) is 2.42. The molecule has 1 aliphatic heterocycles. The summed E-state index contributed by atoms with van der Waals surface area (Å²) < 4.78 is 0.530. The number of halogens is 1. The van der Waals surface area contributed by atoms with Gasteiger partial charge in [-0.2, -0.15) is 0 Å². The van der Waals surface area contributed by atoms with Gasteiger partial charge >= 0.3 is 0 Å². The molecule has 0 aliphatic carbocycles. The fourth-order valence-electron chi connectivity index (χ4n) is 1.59. The van der Waals surface area contributed by atoms with Crippen LogP contribution in [-0.4, -0.2) is 40.8 Å². The molecule has 1 atom stereocenters. The van der Waals surface area contributed by atoms with Gasteiger partial charge in [-0.3, -0.25) is 4.90 Å². The van der Waals surface area contributed by atoms with Crippen LogP contribution in [0.5, 0.6) is 0 Å². The van der Waals surface area contributed by atoms with Crippen LogP contribution in [0.3, 0.4) is 0 Å². The number of nitrogens with one attached hydrogen (secondary N) is 1. The lowest BCUT2D eigenvalue weighted by Gasteiger charge is -2.32. The van der Waals surface area contributed by atoms with Crippen molar-refractivity contribution in [1.29, 1.82) is 0 Å². The predicted molar refractivity (Wildman–Crippen MR) is 57.7 cm³/mol. The lowest BCUT2D eigenvalue weighted by molar-refractivity contribution is 0.165. The molecule has 0 unspecified atom stereocenters. The summed E-state index contributed by atoms with van der Waals surface area (Å²) in [5.74, 6) is 0. The molecule has 6 heteroatoms. The highest BCUT2D eigenvalue weighted by atomic mass is 35.5. The highest BCUT2D eigenvalue weighted by Gasteiger charge is 2.19. The molecule has 1 fully saturated rings. The Morgan fingerprint density at radius 1 is 1.64 bits per heavy atom. The van der Waals surface area contributed by atoms with Gasteiger partial charge in [-0.15, -0.1) is 10.2 Å². The molecular weight excluding hydrogens is 220 g/mol. The zero-order chi connectivity index (χ0) is 9.97. The van der Waals surface area contributed by atoms with Crippen LogP contribution < -0.4 is 5.32 Å². The van der Waals surface area contributed by atoms with Gasteiger partial charge in [0.15, 0.2) is 0 Å². The van der Waals surface area contributed by atoms with Crippen molar-refractivity contribution in [3.63, 3.8) is 0 Å². The second kappa shape index (κ2) is 4.53. The predicted octanol–water partition coefficient (Wildman–Crippen LogP) is 0.985. The van der Waals surface area contributed by atoms with E-state index in [2.05, 4.69) is 27.3 Å². The average molecular weight is 233 g/mol. The monoisotopic (exact) mass is 232 g/mol. The maximum atomic E-state index is 5.73. The SMILES string of the molecule is C[C@H]1CNCCN1Cc1nnc(Cl)s1. The highest BCUT2D eigenvalue weighted by molar-refractivity contribution is 7.15. The molecule has 0 amide bonds. The second-order valence-corrected chi connectivity index (χ2v) is 5.12. The van der Waals surface area contributed by atoms with Gasteiger partial charge in [-0.05, 0) is 18.5 Å². The zero-order valence-corrected chi connectivity index (χ0v) is 9.61. The highest BCUT2D eigenvalue weighted by Crippen LogP contribution is 2.17. The molecule has 78 valence electrons. The maximum absolute atomic E-state index is 5.73. The van der Waals surface area contributed by atoms with E-state index in [-0.39, 0.29) is 0 Å². The Labute approximate surface area is 92.3 Å². The summed E-state index contributed by atoms with van der Waals surface area (Å²) in [6, 6.07) is 0.562. The van der Waals surface area contributed by atoms with E-state index in [9.17, 15) is 0 Å². The average Bonchev–Trinajstić information content (AvgIpc) is 2.56. The number of piperazine rings is 1. The van der Waals surface area contributed by atoms with Gasteiger partial charge in [-0.25, -0.2) is 0 Å². The van der Waals surface area contributed by atoms with E-state index in [0.717, 1.165) is 31.2 Å². The topological polar surface area (TPSA) is 41.0 Å². The second-order valence-electron chi connectivity index (χ2n) is 3.47. The van der Waals surface area contributed by atoms with Crippen LogP contribution in [0.2, 0.25) is 4.47 Å². The summed E-state index contributed by atoms with van der Waals surface area (Å²) in [5.41, 5.74) is 0. The molecule has 1 N–H and O–H groups in total. The Hall–Kier alpha value is -0.230. The van der Waals surface area contributed by atoms with E-state index in [0.29, 0.717) is 10.5 Å². The van der Waals surface area contributed by atoms with Crippen LogP contribution >= 0.6 is 22.9 Å². The van der Waals surface area contributed by atoms with Crippen molar-refractivity contribution >= 4 is 22.9 Å². The van der Waals surface area contributed by atoms with Crippen molar-refractivity contribution in [2.45, 2.75) is 19.5 Å². The minimum absolute atomic E-state index is 0.530. The smallest absolute Gasteiger partial charge is 0.207 e. The molecule has 0 spiro atoms. The van der Waals surface area contributed by atoms with Crippen molar-refractivity contribution in [3.05, 3.63) is 9.47 Å². The molecule has 1 aromatic heterocycles. The summed E-state index contributed by atoms with van der Waals surface area (Å²) in [5, 5.41) is 12.2. The molecule has 0 radical (unpaired) electrons. The quantitative estimate of drug-likeness (QED) is 0.826. The van der Waals surface area contributed by atoms with Gasteiger partial charge in [0.1, 0.15) is 5.01 Å². The largest absolute Gasteiger partial charge is 0.314 e. The van der Waals surface area contributed by atoms with Crippen LogP contribution in [-0.2, 0) is 6.54 Å². The van der Waals surface area contributed by atoms with Crippen LogP contribution in [0.15, 0.2) is 0 Å². The summed E-state index contributed by atoms with van der Waals surface area (Å²) in [7, 11) is 0. The first-order valence-electron chi connectivity index (χ1n) is 4.68. The molecule has 0 saturated carbocycles. The van der Waals surface area contributed by atoms with Crippen molar-refractivity contribution in [3.8, 4) is 0 Å². The van der Waals surface area contributed by atoms with E-state index in [1.54, 1.807) is 0 Å². The molecule has 1 aliphatic rings. The van der Waals surface area contributed by atoms with E-state index < -0.39 is 0 Å². The molecule has 2 rings (SSSR count). The van der Waals surface area contributed by atoms with Gasteiger partial charge < -0.3 is 5.32 Å². The van der Waals surface area contributed by atoms with E-state index >= 15 is 0 Å². The number of hydrogen-bond donors (Lipinski definition) is 1. The van der Waals surface area contributed by atoms with E-state index in [1.807, 2.05) is 0 Å². The summed E-state index contributed by atoms with van der Waals surface area (Å²) >= 11 is 7.19. The fourth-order valence-corrected chi connectivity index (χ4v) is 2.48. The van der Waals surface area contributed by atoms with Crippen LogP contribution in [0.25, 0.3) is 0 Å². The first-order chi connectivity index (χ1) is 6.75. The van der Waals surface area contributed by atoms with Gasteiger partial charge in [0.25, 0.3) is 0 Å². The fraction of sp³-hybridized carbons (Fsp3) is 0.750. The van der Waals surface area contributed by atoms with E-state index in [1.165, 1.54) is 11.3 Å². The summed E-state index contributed by atoms with van der Waals surface area (Å²) in [6.45, 7) is 6.25. The van der Waals surface area contributed by atoms with Gasteiger partial charge in [0.2, 0.25) is 4.47 Å². The zero-order valence-electron chi connectivity index (χ0n) is 8.03. The lowest BCUT2D eigenvalue weighted by atomic mass is 10.2. The van der Waals surface area contributed by atoms with Crippen LogP contribution in [0, 0.1) is 0 Å². The summed E-state index contributed by atoms with van der Waals surface area (Å²) in [6.07, 6.45) is 0. The number of aromatic nitrogens is 2. The molecular formula is C8H13ClN4S. The molecule has 2 heterocycles. The Kier molecular flexibility index (Phi) is 3.33. The minimum atomic E-state index is 0.530. The first kappa shape index (κ1) is 10.3. The molecule has 4 nitrogen and oxygen atoms in total. The van der Waals surface area contributed by atoms with Crippen LogP contribution in [0.1, 0.15) is 11.9 Å². The third-order valence-corrected chi connectivity index (χ3v) is 3.42. The van der Waals surface area contributed by atoms with Crippen molar-refractivity contribution < 1.29 is 0 Å². The van der Waals surface area contributed by atoms with Crippen LogP contribution in [0.4, 0.5) is 0 Å². The Bertz CT molecular complexity index is 303. The Morgan fingerprint density at radius 3 is 3.14 bits per heavy atom. The third-order valence-electron chi connectivity index (χ3n) is 2.42. The van der Waals surface area contributed by atoms with Crippen molar-refractivity contribution in [2.75, 3.05) is 19.6 Å². The number of nitrogens with zero attached hydrogens (tertiary/aromatic N) is 3. The molecule has 1 saturated heterocycles.